The minimum atomic E-state index is -0.227. The maximum Gasteiger partial charge on any atom is 0.240 e. The van der Waals surface area contributed by atoms with Gasteiger partial charge in [0.05, 0.1) is 19.0 Å². The monoisotopic (exact) mass is 491 g/mol. The molecule has 0 heterocycles. The second kappa shape index (κ2) is 12.6. The van der Waals surface area contributed by atoms with Gasteiger partial charge in [-0.25, -0.2) is 5.43 Å². The van der Waals surface area contributed by atoms with E-state index in [0.29, 0.717) is 47.2 Å². The van der Waals surface area contributed by atoms with Crippen molar-refractivity contribution >= 4 is 39.6 Å². The van der Waals surface area contributed by atoms with E-state index in [1.807, 2.05) is 0 Å². The van der Waals surface area contributed by atoms with Crippen molar-refractivity contribution in [3.8, 4) is 17.2 Å². The molecule has 0 aromatic heterocycles. The Labute approximate surface area is 189 Å². The lowest BCUT2D eigenvalue weighted by molar-refractivity contribution is -0.121. The summed E-state index contributed by atoms with van der Waals surface area (Å²) in [5, 5.41) is 26.2. The largest absolute Gasteiger partial charge is 0.506 e. The van der Waals surface area contributed by atoms with E-state index in [9.17, 15) is 19.8 Å². The highest BCUT2D eigenvalue weighted by Crippen LogP contribution is 2.32. The predicted octanol–water partition coefficient (Wildman–Crippen LogP) is 4.30. The molecule has 0 fully saturated rings. The molecule has 0 aliphatic carbocycles. The van der Waals surface area contributed by atoms with E-state index >= 15 is 0 Å². The van der Waals surface area contributed by atoms with E-state index in [1.165, 1.54) is 19.4 Å². The number of aromatic hydroxyl groups is 2. The zero-order valence-corrected chi connectivity index (χ0v) is 18.8. The first kappa shape index (κ1) is 24.2. The summed E-state index contributed by atoms with van der Waals surface area (Å²) in [6, 6.07) is 9.87. The number of methoxy groups -OCH3 is 1. The van der Waals surface area contributed by atoms with Gasteiger partial charge in [-0.1, -0.05) is 40.9 Å². The third-order valence-corrected chi connectivity index (χ3v) is 4.88. The lowest BCUT2D eigenvalue weighted by Crippen LogP contribution is -2.17. The molecule has 0 atom stereocenters. The summed E-state index contributed by atoms with van der Waals surface area (Å²) in [5.41, 5.74) is 3.25. The third kappa shape index (κ3) is 8.29. The van der Waals surface area contributed by atoms with Crippen LogP contribution in [0, 0.1) is 0 Å². The van der Waals surface area contributed by atoms with Crippen molar-refractivity contribution in [2.24, 2.45) is 5.10 Å². The number of nitrogens with one attached hydrogen (secondary N) is 2. The number of amides is 2. The number of benzene rings is 2. The van der Waals surface area contributed by atoms with Gasteiger partial charge in [0.15, 0.2) is 11.5 Å². The Morgan fingerprint density at radius 2 is 1.74 bits per heavy atom. The highest BCUT2D eigenvalue weighted by molar-refractivity contribution is 9.10. The molecule has 2 rings (SSSR count). The van der Waals surface area contributed by atoms with Gasteiger partial charge in [-0.05, 0) is 37.1 Å². The van der Waals surface area contributed by atoms with Crippen LogP contribution in [-0.4, -0.2) is 35.4 Å². The fourth-order valence-electron chi connectivity index (χ4n) is 2.79. The standard InChI is InChI=1S/C22H26BrN3O5/c1-31-19-13-16(23)12-15(22(19)30)14-24-26-21(29)11-5-3-2-4-10-20(28)25-17-8-6-7-9-18(17)27/h6-9,12-14,27,30H,2-5,10-11H2,1H3,(H,25,28)(H,26,29)/b24-14+. The molecule has 0 unspecified atom stereocenters. The summed E-state index contributed by atoms with van der Waals surface area (Å²) in [4.78, 5) is 23.8. The predicted molar refractivity (Wildman–Crippen MR) is 123 cm³/mol. The molecule has 0 saturated carbocycles. The van der Waals surface area contributed by atoms with Gasteiger partial charge in [-0.3, -0.25) is 9.59 Å². The smallest absolute Gasteiger partial charge is 0.240 e. The van der Waals surface area contributed by atoms with Crippen LogP contribution in [0.4, 0.5) is 5.69 Å². The second-order valence-electron chi connectivity index (χ2n) is 6.82. The fraction of sp³-hybridized carbons (Fsp3) is 0.318. The molecule has 0 aliphatic heterocycles. The number of nitrogens with zero attached hydrogens (tertiary/aromatic N) is 1. The van der Waals surface area contributed by atoms with Crippen molar-refractivity contribution in [2.45, 2.75) is 38.5 Å². The molecule has 0 radical (unpaired) electrons. The average Bonchev–Trinajstić information content (AvgIpc) is 2.74. The summed E-state index contributed by atoms with van der Waals surface area (Å²) in [6.45, 7) is 0. The first-order valence-corrected chi connectivity index (χ1v) is 10.7. The molecule has 2 aromatic rings. The maximum absolute atomic E-state index is 11.9. The van der Waals surface area contributed by atoms with E-state index < -0.39 is 0 Å². The normalized spacial score (nSPS) is 10.8. The number of halogens is 1. The molecule has 2 amide bonds. The molecule has 0 saturated heterocycles. The first-order valence-electron chi connectivity index (χ1n) is 9.87. The molecule has 166 valence electrons. The summed E-state index contributed by atoms with van der Waals surface area (Å²) in [6.07, 6.45) is 5.02. The van der Waals surface area contributed by atoms with Gasteiger partial charge in [-0.15, -0.1) is 0 Å². The van der Waals surface area contributed by atoms with Crippen LogP contribution in [0.2, 0.25) is 0 Å². The number of para-hydroxylation sites is 2. The van der Waals surface area contributed by atoms with E-state index in [0.717, 1.165) is 12.8 Å². The van der Waals surface area contributed by atoms with E-state index in [-0.39, 0.29) is 23.3 Å². The Morgan fingerprint density at radius 3 is 2.42 bits per heavy atom. The minimum absolute atomic E-state index is 0.0405. The molecule has 9 heteroatoms. The van der Waals surface area contributed by atoms with Gasteiger partial charge in [0, 0.05) is 22.9 Å². The fourth-order valence-corrected chi connectivity index (χ4v) is 3.25. The Kier molecular flexibility index (Phi) is 9.83. The Balaban J connectivity index is 1.61. The molecule has 0 aliphatic rings. The van der Waals surface area contributed by atoms with Crippen molar-refractivity contribution in [3.05, 3.63) is 46.4 Å². The van der Waals surface area contributed by atoms with Gasteiger partial charge < -0.3 is 20.3 Å². The molecule has 8 nitrogen and oxygen atoms in total. The SMILES string of the molecule is COc1cc(Br)cc(/C=N/NC(=O)CCCCCCC(=O)Nc2ccccc2O)c1O. The summed E-state index contributed by atoms with van der Waals surface area (Å²) < 4.78 is 5.78. The highest BCUT2D eigenvalue weighted by Gasteiger charge is 2.09. The number of carbonyl (C=O) groups is 2. The van der Waals surface area contributed by atoms with Crippen LogP contribution in [-0.2, 0) is 9.59 Å². The molecule has 0 bridgehead atoms. The van der Waals surface area contributed by atoms with Gasteiger partial charge in [-0.2, -0.15) is 5.10 Å². The zero-order chi connectivity index (χ0) is 22.6. The second-order valence-corrected chi connectivity index (χ2v) is 7.73. The molecule has 4 N–H and O–H groups in total. The van der Waals surface area contributed by atoms with Crippen LogP contribution in [0.1, 0.15) is 44.1 Å². The number of hydrogen-bond acceptors (Lipinski definition) is 6. The van der Waals surface area contributed by atoms with Crippen LogP contribution >= 0.6 is 15.9 Å². The number of rotatable bonds is 11. The Hall–Kier alpha value is -3.07. The quantitative estimate of drug-likeness (QED) is 0.161. The Bertz CT molecular complexity index is 933. The molecule has 2 aromatic carbocycles. The summed E-state index contributed by atoms with van der Waals surface area (Å²) in [7, 11) is 1.45. The van der Waals surface area contributed by atoms with E-state index in [4.69, 9.17) is 4.74 Å². The van der Waals surface area contributed by atoms with Crippen LogP contribution in [0.3, 0.4) is 0 Å². The first-order chi connectivity index (χ1) is 14.9. The zero-order valence-electron chi connectivity index (χ0n) is 17.2. The maximum atomic E-state index is 11.9. The minimum Gasteiger partial charge on any atom is -0.506 e. The van der Waals surface area contributed by atoms with Crippen LogP contribution in [0.25, 0.3) is 0 Å². The van der Waals surface area contributed by atoms with Gasteiger partial charge in [0.1, 0.15) is 5.75 Å². The number of hydrazone groups is 1. The topological polar surface area (TPSA) is 120 Å². The van der Waals surface area contributed by atoms with Gasteiger partial charge in [0.2, 0.25) is 11.8 Å². The van der Waals surface area contributed by atoms with Crippen molar-refractivity contribution in [1.82, 2.24) is 5.43 Å². The number of hydrogen-bond donors (Lipinski definition) is 4. The molecular weight excluding hydrogens is 466 g/mol. The molecule has 31 heavy (non-hydrogen) atoms. The lowest BCUT2D eigenvalue weighted by Gasteiger charge is -2.07. The van der Waals surface area contributed by atoms with Crippen molar-refractivity contribution in [1.29, 1.82) is 0 Å². The molecule has 0 spiro atoms. The van der Waals surface area contributed by atoms with Gasteiger partial charge >= 0.3 is 0 Å². The Morgan fingerprint density at radius 1 is 1.06 bits per heavy atom. The number of anilines is 1. The number of ether oxygens (including phenoxy) is 1. The number of phenols is 2. The lowest BCUT2D eigenvalue weighted by atomic mass is 10.1. The van der Waals surface area contributed by atoms with Crippen molar-refractivity contribution < 1.29 is 24.5 Å². The number of unbranched alkanes of at least 4 members (excludes halogenated alkanes) is 3. The highest BCUT2D eigenvalue weighted by atomic mass is 79.9. The average molecular weight is 492 g/mol. The van der Waals surface area contributed by atoms with Crippen molar-refractivity contribution in [2.75, 3.05) is 12.4 Å². The van der Waals surface area contributed by atoms with Gasteiger partial charge in [0.25, 0.3) is 0 Å². The number of carbonyl (C=O) groups excluding carboxylic acids is 2. The van der Waals surface area contributed by atoms with Crippen LogP contribution in [0.15, 0.2) is 46.0 Å². The number of phenolic OH excluding ortho intramolecular Hbond substituents is 2. The van der Waals surface area contributed by atoms with E-state index in [1.54, 1.807) is 30.3 Å². The van der Waals surface area contributed by atoms with Crippen LogP contribution < -0.4 is 15.5 Å². The summed E-state index contributed by atoms with van der Waals surface area (Å²) >= 11 is 3.32. The summed E-state index contributed by atoms with van der Waals surface area (Å²) in [5.74, 6) is -0.0959. The van der Waals surface area contributed by atoms with Crippen LogP contribution in [0.5, 0.6) is 17.2 Å². The third-order valence-electron chi connectivity index (χ3n) is 4.42. The van der Waals surface area contributed by atoms with E-state index in [2.05, 4.69) is 31.8 Å². The molecular formula is C22H26BrN3O5. The van der Waals surface area contributed by atoms with Crippen molar-refractivity contribution in [3.63, 3.8) is 0 Å².